The molecule has 0 aliphatic rings. The third-order valence-corrected chi connectivity index (χ3v) is 3.34. The van der Waals surface area contributed by atoms with Crippen LogP contribution in [0.5, 0.6) is 0 Å². The summed E-state index contributed by atoms with van der Waals surface area (Å²) < 4.78 is 27.6. The molecule has 0 amide bonds. The molecule has 16 heavy (non-hydrogen) atoms. The maximum atomic E-state index is 11.6. The second-order valence-electron chi connectivity index (χ2n) is 3.33. The van der Waals surface area contributed by atoms with Crippen molar-refractivity contribution >= 4 is 16.1 Å². The largest absolute Gasteiger partial charge is 0.346 e. The maximum Gasteiger partial charge on any atom is 0.346 e. The topological polar surface area (TPSA) is 60.4 Å². The molecule has 0 aliphatic heterocycles. The lowest BCUT2D eigenvalue weighted by Crippen LogP contribution is -2.12. The molecule has 0 fully saturated rings. The number of hydrogen-bond acceptors (Lipinski definition) is 4. The fourth-order valence-electron chi connectivity index (χ4n) is 1.27. The van der Waals surface area contributed by atoms with Crippen molar-refractivity contribution in [2.75, 3.05) is 0 Å². The van der Waals surface area contributed by atoms with Crippen LogP contribution in [0.2, 0.25) is 0 Å². The van der Waals surface area contributed by atoms with Crippen molar-refractivity contribution in [3.63, 3.8) is 0 Å². The van der Waals surface area contributed by atoms with Gasteiger partial charge in [-0.1, -0.05) is 24.3 Å². The third kappa shape index (κ3) is 2.70. The summed E-state index contributed by atoms with van der Waals surface area (Å²) in [4.78, 5) is 10.9. The summed E-state index contributed by atoms with van der Waals surface area (Å²) in [6, 6.07) is 4.76. The smallest absolute Gasteiger partial charge is 0.338 e. The molecule has 4 nitrogen and oxygen atoms in total. The fraction of sp³-hybridized carbons (Fsp3) is 0.182. The Morgan fingerprint density at radius 2 is 2.00 bits per heavy atom. The van der Waals surface area contributed by atoms with Crippen molar-refractivity contribution in [1.29, 1.82) is 0 Å². The monoisotopic (exact) mass is 240 g/mol. The molecule has 0 atom stereocenters. The van der Waals surface area contributed by atoms with E-state index in [2.05, 4.69) is 10.8 Å². The Hall–Kier alpha value is -1.62. The van der Waals surface area contributed by atoms with Gasteiger partial charge >= 0.3 is 16.1 Å². The van der Waals surface area contributed by atoms with E-state index in [1.165, 1.54) is 6.07 Å². The zero-order valence-corrected chi connectivity index (χ0v) is 9.87. The van der Waals surface area contributed by atoms with Crippen molar-refractivity contribution in [2.45, 2.75) is 18.7 Å². The van der Waals surface area contributed by atoms with Crippen molar-refractivity contribution in [3.05, 3.63) is 42.0 Å². The first-order chi connectivity index (χ1) is 7.36. The molecule has 0 aromatic heterocycles. The van der Waals surface area contributed by atoms with Crippen LogP contribution in [-0.4, -0.2) is 14.4 Å². The van der Waals surface area contributed by atoms with Gasteiger partial charge in [-0.25, -0.2) is 4.79 Å². The minimum Gasteiger partial charge on any atom is -0.338 e. The standard InChI is InChI=1S/C11H12O4S/c1-4-11(12)15-16(13,14)10-6-5-8(2)7-9(10)3/h4-7H,1H2,2-3H3. The lowest BCUT2D eigenvalue weighted by Gasteiger charge is -2.07. The van der Waals surface area contributed by atoms with E-state index in [0.717, 1.165) is 11.6 Å². The van der Waals surface area contributed by atoms with E-state index in [4.69, 9.17) is 0 Å². The summed E-state index contributed by atoms with van der Waals surface area (Å²) in [6.45, 7) is 6.62. The van der Waals surface area contributed by atoms with Gasteiger partial charge in [0.25, 0.3) is 0 Å². The molecule has 0 saturated heterocycles. The van der Waals surface area contributed by atoms with Gasteiger partial charge < -0.3 is 4.18 Å². The average Bonchev–Trinajstić information content (AvgIpc) is 2.16. The van der Waals surface area contributed by atoms with Gasteiger partial charge in [0.15, 0.2) is 0 Å². The van der Waals surface area contributed by atoms with Gasteiger partial charge in [-0.05, 0) is 25.5 Å². The highest BCUT2D eigenvalue weighted by Gasteiger charge is 2.20. The molecule has 0 bridgehead atoms. The lowest BCUT2D eigenvalue weighted by molar-refractivity contribution is -0.128. The molecule has 0 radical (unpaired) electrons. The van der Waals surface area contributed by atoms with Crippen LogP contribution in [-0.2, 0) is 19.1 Å². The second-order valence-corrected chi connectivity index (χ2v) is 4.84. The highest BCUT2D eigenvalue weighted by Crippen LogP contribution is 2.18. The Bertz CT molecular complexity index is 529. The van der Waals surface area contributed by atoms with E-state index in [9.17, 15) is 13.2 Å². The first-order valence-electron chi connectivity index (χ1n) is 4.55. The number of carbonyl (C=O) groups excluding carboxylic acids is 1. The number of aryl methyl sites for hydroxylation is 2. The summed E-state index contributed by atoms with van der Waals surface area (Å²) >= 11 is 0. The van der Waals surface area contributed by atoms with Crippen LogP contribution in [0.25, 0.3) is 0 Å². The van der Waals surface area contributed by atoms with Crippen LogP contribution in [0.15, 0.2) is 35.7 Å². The highest BCUT2D eigenvalue weighted by molar-refractivity contribution is 7.87. The molecule has 0 aliphatic carbocycles. The third-order valence-electron chi connectivity index (χ3n) is 1.96. The zero-order chi connectivity index (χ0) is 12.3. The predicted molar refractivity (Wildman–Crippen MR) is 59.4 cm³/mol. The van der Waals surface area contributed by atoms with Crippen LogP contribution in [0, 0.1) is 13.8 Å². The normalized spacial score (nSPS) is 10.9. The Balaban J connectivity index is 3.17. The number of carbonyl (C=O) groups is 1. The highest BCUT2D eigenvalue weighted by atomic mass is 32.2. The summed E-state index contributed by atoms with van der Waals surface area (Å²) in [5.41, 5.74) is 1.48. The van der Waals surface area contributed by atoms with E-state index in [0.29, 0.717) is 5.56 Å². The van der Waals surface area contributed by atoms with Crippen molar-refractivity contribution in [3.8, 4) is 0 Å². The van der Waals surface area contributed by atoms with Gasteiger partial charge in [0.05, 0.1) is 0 Å². The molecule has 0 unspecified atom stereocenters. The molecule has 0 N–H and O–H groups in total. The average molecular weight is 240 g/mol. The van der Waals surface area contributed by atoms with Crippen LogP contribution in [0.3, 0.4) is 0 Å². The predicted octanol–water partition coefficient (Wildman–Crippen LogP) is 1.72. The fourth-order valence-corrected chi connectivity index (χ4v) is 2.33. The molecule has 5 heteroatoms. The first kappa shape index (κ1) is 12.4. The van der Waals surface area contributed by atoms with Gasteiger partial charge in [-0.3, -0.25) is 0 Å². The number of benzene rings is 1. The Kier molecular flexibility index (Phi) is 3.49. The van der Waals surface area contributed by atoms with Crippen LogP contribution < -0.4 is 0 Å². The van der Waals surface area contributed by atoms with E-state index in [1.807, 2.05) is 6.92 Å². The van der Waals surface area contributed by atoms with Crippen LogP contribution >= 0.6 is 0 Å². The molecular weight excluding hydrogens is 228 g/mol. The van der Waals surface area contributed by atoms with Gasteiger partial charge in [-0.15, -0.1) is 0 Å². The van der Waals surface area contributed by atoms with Gasteiger partial charge in [0, 0.05) is 6.08 Å². The molecule has 1 aromatic carbocycles. The Morgan fingerprint density at radius 3 is 2.50 bits per heavy atom. The molecular formula is C11H12O4S. The summed E-state index contributed by atoms with van der Waals surface area (Å²) in [6.07, 6.45) is 0.807. The van der Waals surface area contributed by atoms with Gasteiger partial charge in [-0.2, -0.15) is 8.42 Å². The van der Waals surface area contributed by atoms with Crippen LogP contribution in [0.4, 0.5) is 0 Å². The van der Waals surface area contributed by atoms with Crippen molar-refractivity contribution < 1.29 is 17.4 Å². The Labute approximate surface area is 94.7 Å². The number of rotatable bonds is 3. The summed E-state index contributed by atoms with van der Waals surface area (Å²) in [7, 11) is -4.04. The summed E-state index contributed by atoms with van der Waals surface area (Å²) in [5, 5.41) is 0. The van der Waals surface area contributed by atoms with E-state index < -0.39 is 16.1 Å². The molecule has 0 heterocycles. The first-order valence-corrected chi connectivity index (χ1v) is 5.96. The van der Waals surface area contributed by atoms with Crippen molar-refractivity contribution in [1.82, 2.24) is 0 Å². The Morgan fingerprint density at radius 1 is 1.38 bits per heavy atom. The molecule has 0 spiro atoms. The minimum absolute atomic E-state index is 0.00620. The molecule has 1 aromatic rings. The van der Waals surface area contributed by atoms with Gasteiger partial charge in [0.2, 0.25) is 0 Å². The van der Waals surface area contributed by atoms with E-state index >= 15 is 0 Å². The summed E-state index contributed by atoms with van der Waals surface area (Å²) in [5.74, 6) is -0.986. The molecule has 1 rings (SSSR count). The van der Waals surface area contributed by atoms with Crippen LogP contribution in [0.1, 0.15) is 11.1 Å². The quantitative estimate of drug-likeness (QED) is 0.596. The van der Waals surface area contributed by atoms with Gasteiger partial charge in [0.1, 0.15) is 4.90 Å². The SMILES string of the molecule is C=CC(=O)OS(=O)(=O)c1ccc(C)cc1C. The lowest BCUT2D eigenvalue weighted by atomic mass is 10.2. The molecule has 0 saturated carbocycles. The second kappa shape index (κ2) is 4.49. The number of hydrogen-bond donors (Lipinski definition) is 0. The minimum atomic E-state index is -4.04. The molecule has 86 valence electrons. The van der Waals surface area contributed by atoms with E-state index in [1.54, 1.807) is 19.1 Å². The zero-order valence-electron chi connectivity index (χ0n) is 9.06. The van der Waals surface area contributed by atoms with Crippen molar-refractivity contribution in [2.24, 2.45) is 0 Å². The van der Waals surface area contributed by atoms with E-state index in [-0.39, 0.29) is 4.90 Å². The maximum absolute atomic E-state index is 11.6.